The fourth-order valence-electron chi connectivity index (χ4n) is 2.90. The number of rotatable bonds is 8. The Bertz CT molecular complexity index is 1060. The summed E-state index contributed by atoms with van der Waals surface area (Å²) in [6.07, 6.45) is 1.50. The topological polar surface area (TPSA) is 79.8 Å². The standard InChI is InChI=1S/C23H22FN3O3/c1-2-30-21-12-7-16-5-3-4-6-19(16)20(21)15-25-27-23(29)14-13-22(28)26-18-10-8-17(24)9-11-18/h3-12,15H,2,13-14H2,1H3,(H,26,28)(H,27,29). The van der Waals surface area contributed by atoms with Gasteiger partial charge in [0.25, 0.3) is 0 Å². The van der Waals surface area contributed by atoms with Gasteiger partial charge in [-0.1, -0.05) is 30.3 Å². The first-order chi connectivity index (χ1) is 14.6. The van der Waals surface area contributed by atoms with Gasteiger partial charge in [0.15, 0.2) is 0 Å². The second kappa shape index (κ2) is 10.2. The van der Waals surface area contributed by atoms with Crippen molar-refractivity contribution >= 4 is 34.5 Å². The zero-order chi connectivity index (χ0) is 21.3. The fourth-order valence-corrected chi connectivity index (χ4v) is 2.90. The van der Waals surface area contributed by atoms with Crippen LogP contribution >= 0.6 is 0 Å². The first-order valence-electron chi connectivity index (χ1n) is 9.58. The van der Waals surface area contributed by atoms with Crippen LogP contribution in [0, 0.1) is 5.82 Å². The maximum absolute atomic E-state index is 12.9. The predicted octanol–water partition coefficient (Wildman–Crippen LogP) is 4.25. The van der Waals surface area contributed by atoms with Crippen LogP contribution in [-0.2, 0) is 9.59 Å². The Hall–Kier alpha value is -3.74. The van der Waals surface area contributed by atoms with Crippen molar-refractivity contribution in [2.24, 2.45) is 5.10 Å². The Morgan fingerprint density at radius 2 is 1.73 bits per heavy atom. The zero-order valence-corrected chi connectivity index (χ0v) is 16.5. The summed E-state index contributed by atoms with van der Waals surface area (Å²) in [6.45, 7) is 2.41. The molecule has 2 amide bonds. The summed E-state index contributed by atoms with van der Waals surface area (Å²) in [5.74, 6) is -0.441. The third-order valence-corrected chi connectivity index (χ3v) is 4.32. The second-order valence-electron chi connectivity index (χ2n) is 6.48. The smallest absolute Gasteiger partial charge is 0.240 e. The maximum Gasteiger partial charge on any atom is 0.240 e. The Labute approximate surface area is 173 Å². The van der Waals surface area contributed by atoms with E-state index >= 15 is 0 Å². The molecule has 0 aliphatic carbocycles. The van der Waals surface area contributed by atoms with Crippen LogP contribution in [0.2, 0.25) is 0 Å². The zero-order valence-electron chi connectivity index (χ0n) is 16.5. The number of anilines is 1. The lowest BCUT2D eigenvalue weighted by Gasteiger charge is -2.10. The quantitative estimate of drug-likeness (QED) is 0.433. The van der Waals surface area contributed by atoms with Crippen LogP contribution in [0.25, 0.3) is 10.8 Å². The molecule has 3 aromatic rings. The van der Waals surface area contributed by atoms with Gasteiger partial charge in [-0.15, -0.1) is 0 Å². The molecule has 0 aliphatic heterocycles. The predicted molar refractivity (Wildman–Crippen MR) is 115 cm³/mol. The summed E-state index contributed by atoms with van der Waals surface area (Å²) in [5.41, 5.74) is 3.68. The largest absolute Gasteiger partial charge is 0.493 e. The Kier molecular flexibility index (Phi) is 7.10. The minimum atomic E-state index is -0.390. The fraction of sp³-hybridized carbons (Fsp3) is 0.174. The van der Waals surface area contributed by atoms with Crippen LogP contribution in [0.5, 0.6) is 5.75 Å². The molecule has 0 bridgehead atoms. The number of ether oxygens (including phenoxy) is 1. The van der Waals surface area contributed by atoms with Crippen molar-refractivity contribution in [3.63, 3.8) is 0 Å². The van der Waals surface area contributed by atoms with Crippen molar-refractivity contribution in [2.45, 2.75) is 19.8 Å². The monoisotopic (exact) mass is 407 g/mol. The third-order valence-electron chi connectivity index (χ3n) is 4.32. The highest BCUT2D eigenvalue weighted by molar-refractivity contribution is 6.02. The number of nitrogens with one attached hydrogen (secondary N) is 2. The average molecular weight is 407 g/mol. The maximum atomic E-state index is 12.9. The summed E-state index contributed by atoms with van der Waals surface area (Å²) < 4.78 is 18.6. The van der Waals surface area contributed by atoms with Gasteiger partial charge >= 0.3 is 0 Å². The molecule has 0 heterocycles. The van der Waals surface area contributed by atoms with Crippen LogP contribution in [0.4, 0.5) is 10.1 Å². The van der Waals surface area contributed by atoms with E-state index in [1.54, 1.807) is 6.21 Å². The molecule has 0 radical (unpaired) electrons. The van der Waals surface area contributed by atoms with Gasteiger partial charge in [-0.3, -0.25) is 9.59 Å². The van der Waals surface area contributed by atoms with Gasteiger partial charge in [0.05, 0.1) is 12.8 Å². The normalized spacial score (nSPS) is 10.9. The molecule has 2 N–H and O–H groups in total. The molecule has 6 nitrogen and oxygen atoms in total. The lowest BCUT2D eigenvalue weighted by Crippen LogP contribution is -2.20. The SMILES string of the molecule is CCOc1ccc2ccccc2c1C=NNC(=O)CCC(=O)Nc1ccc(F)cc1. The number of carbonyl (C=O) groups is 2. The van der Waals surface area contributed by atoms with E-state index in [0.717, 1.165) is 16.3 Å². The summed E-state index contributed by atoms with van der Waals surface area (Å²) in [5, 5.41) is 8.63. The van der Waals surface area contributed by atoms with Gasteiger partial charge in [0.2, 0.25) is 11.8 Å². The number of benzene rings is 3. The summed E-state index contributed by atoms with van der Waals surface area (Å²) in [7, 11) is 0. The van der Waals surface area contributed by atoms with E-state index in [0.29, 0.717) is 18.0 Å². The Morgan fingerprint density at radius 1 is 1.00 bits per heavy atom. The molecule has 3 aromatic carbocycles. The Morgan fingerprint density at radius 3 is 2.50 bits per heavy atom. The molecule has 154 valence electrons. The number of carbonyl (C=O) groups excluding carboxylic acids is 2. The Balaban J connectivity index is 1.57. The number of amides is 2. The van der Waals surface area contributed by atoms with Crippen molar-refractivity contribution in [3.05, 3.63) is 72.0 Å². The van der Waals surface area contributed by atoms with Gasteiger partial charge in [-0.25, -0.2) is 9.82 Å². The summed E-state index contributed by atoms with van der Waals surface area (Å²) >= 11 is 0. The number of nitrogens with zero attached hydrogens (tertiary/aromatic N) is 1. The summed E-state index contributed by atoms with van der Waals surface area (Å²) in [4.78, 5) is 23.9. The average Bonchev–Trinajstić information content (AvgIpc) is 2.75. The second-order valence-corrected chi connectivity index (χ2v) is 6.48. The van der Waals surface area contributed by atoms with Gasteiger partial charge in [0.1, 0.15) is 11.6 Å². The molecule has 3 rings (SSSR count). The lowest BCUT2D eigenvalue weighted by atomic mass is 10.0. The van der Waals surface area contributed by atoms with Crippen LogP contribution in [0.3, 0.4) is 0 Å². The van der Waals surface area contributed by atoms with Gasteiger partial charge in [-0.05, 0) is 48.0 Å². The van der Waals surface area contributed by atoms with Gasteiger partial charge in [0, 0.05) is 24.1 Å². The minimum Gasteiger partial charge on any atom is -0.493 e. The molecule has 0 saturated heterocycles. The molecule has 0 unspecified atom stereocenters. The highest BCUT2D eigenvalue weighted by Crippen LogP contribution is 2.26. The first-order valence-corrected chi connectivity index (χ1v) is 9.58. The molecule has 0 fully saturated rings. The van der Waals surface area contributed by atoms with Gasteiger partial charge < -0.3 is 10.1 Å². The highest BCUT2D eigenvalue weighted by Gasteiger charge is 2.09. The third kappa shape index (κ3) is 5.64. The molecule has 0 saturated carbocycles. The van der Waals surface area contributed by atoms with Crippen molar-refractivity contribution in [2.75, 3.05) is 11.9 Å². The van der Waals surface area contributed by atoms with Crippen LogP contribution in [0.1, 0.15) is 25.3 Å². The van der Waals surface area contributed by atoms with Gasteiger partial charge in [-0.2, -0.15) is 5.10 Å². The van der Waals surface area contributed by atoms with E-state index in [4.69, 9.17) is 4.74 Å². The molecule has 0 aliphatic rings. The molecule has 30 heavy (non-hydrogen) atoms. The lowest BCUT2D eigenvalue weighted by molar-refractivity contribution is -0.124. The van der Waals surface area contributed by atoms with Crippen LogP contribution < -0.4 is 15.5 Å². The van der Waals surface area contributed by atoms with E-state index in [2.05, 4.69) is 15.8 Å². The van der Waals surface area contributed by atoms with E-state index in [1.807, 2.05) is 43.3 Å². The van der Waals surface area contributed by atoms with E-state index in [1.165, 1.54) is 24.3 Å². The van der Waals surface area contributed by atoms with Crippen LogP contribution in [-0.4, -0.2) is 24.6 Å². The molecule has 0 spiro atoms. The minimum absolute atomic E-state index is 0.0167. The highest BCUT2D eigenvalue weighted by atomic mass is 19.1. The van der Waals surface area contributed by atoms with E-state index in [9.17, 15) is 14.0 Å². The van der Waals surface area contributed by atoms with Crippen molar-refractivity contribution in [1.82, 2.24) is 5.43 Å². The molecular formula is C23H22FN3O3. The summed E-state index contributed by atoms with van der Waals surface area (Å²) in [6, 6.07) is 17.1. The molecule has 0 aromatic heterocycles. The van der Waals surface area contributed by atoms with Crippen molar-refractivity contribution < 1.29 is 18.7 Å². The number of hydrogen-bond donors (Lipinski definition) is 2. The number of halogens is 1. The molecular weight excluding hydrogens is 385 g/mol. The molecule has 7 heteroatoms. The molecule has 0 atom stereocenters. The van der Waals surface area contributed by atoms with Crippen molar-refractivity contribution in [3.8, 4) is 5.75 Å². The van der Waals surface area contributed by atoms with Crippen molar-refractivity contribution in [1.29, 1.82) is 0 Å². The number of hydrazone groups is 1. The van der Waals surface area contributed by atoms with Crippen LogP contribution in [0.15, 0.2) is 65.8 Å². The number of fused-ring (bicyclic) bond motifs is 1. The first kappa shape index (κ1) is 21.0. The van der Waals surface area contributed by atoms with E-state index in [-0.39, 0.29) is 24.6 Å². The number of hydrogen-bond acceptors (Lipinski definition) is 4. The van der Waals surface area contributed by atoms with E-state index < -0.39 is 5.91 Å².